The van der Waals surface area contributed by atoms with Gasteiger partial charge < -0.3 is 10.6 Å². The van der Waals surface area contributed by atoms with Crippen molar-refractivity contribution in [2.75, 3.05) is 10.6 Å². The summed E-state index contributed by atoms with van der Waals surface area (Å²) in [5.74, 6) is 0.473. The van der Waals surface area contributed by atoms with Gasteiger partial charge in [0.05, 0.1) is 11.9 Å². The summed E-state index contributed by atoms with van der Waals surface area (Å²) < 4.78 is 13.5. The SMILES string of the molecule is CC(C)(C)Nc1cnnc(Nc2ccccc2F)n1. The smallest absolute Gasteiger partial charge is 0.249 e. The molecule has 0 saturated heterocycles. The Bertz CT molecular complexity index is 565. The molecule has 0 aliphatic carbocycles. The van der Waals surface area contributed by atoms with Crippen LogP contribution in [-0.2, 0) is 0 Å². The number of benzene rings is 1. The fourth-order valence-corrected chi connectivity index (χ4v) is 1.48. The lowest BCUT2D eigenvalue weighted by Crippen LogP contribution is -2.27. The minimum absolute atomic E-state index is 0.134. The fraction of sp³-hybridized carbons (Fsp3) is 0.308. The maximum absolute atomic E-state index is 13.5. The molecule has 0 bridgehead atoms. The lowest BCUT2D eigenvalue weighted by Gasteiger charge is -2.20. The molecular formula is C13H16FN5. The number of hydrogen-bond acceptors (Lipinski definition) is 5. The van der Waals surface area contributed by atoms with Crippen LogP contribution in [-0.4, -0.2) is 20.7 Å². The largest absolute Gasteiger partial charge is 0.364 e. The number of anilines is 3. The normalized spacial score (nSPS) is 11.2. The van der Waals surface area contributed by atoms with Gasteiger partial charge in [-0.2, -0.15) is 10.1 Å². The summed E-state index contributed by atoms with van der Waals surface area (Å²) in [6.07, 6.45) is 1.53. The standard InChI is InChI=1S/C13H16FN5/c1-13(2,3)18-11-8-15-19-12(17-11)16-10-7-5-4-6-9(10)14/h4-8H,1-3H3,(H2,16,17,18,19). The Kier molecular flexibility index (Phi) is 3.59. The van der Waals surface area contributed by atoms with Crippen LogP contribution in [0.25, 0.3) is 0 Å². The molecule has 19 heavy (non-hydrogen) atoms. The molecule has 2 N–H and O–H groups in total. The molecule has 0 spiro atoms. The number of nitrogens with zero attached hydrogens (tertiary/aromatic N) is 3. The van der Waals surface area contributed by atoms with Crippen molar-refractivity contribution in [1.82, 2.24) is 15.2 Å². The van der Waals surface area contributed by atoms with Gasteiger partial charge in [-0.25, -0.2) is 4.39 Å². The van der Waals surface area contributed by atoms with E-state index in [9.17, 15) is 4.39 Å². The van der Waals surface area contributed by atoms with Gasteiger partial charge >= 0.3 is 0 Å². The molecule has 0 aliphatic rings. The fourth-order valence-electron chi connectivity index (χ4n) is 1.48. The molecule has 2 aromatic rings. The van der Waals surface area contributed by atoms with Gasteiger partial charge in [0.15, 0.2) is 5.82 Å². The third-order valence-corrected chi connectivity index (χ3v) is 2.18. The molecule has 0 radical (unpaired) electrons. The van der Waals surface area contributed by atoms with Crippen molar-refractivity contribution in [2.24, 2.45) is 0 Å². The maximum atomic E-state index is 13.5. The number of rotatable bonds is 3. The maximum Gasteiger partial charge on any atom is 0.249 e. The minimum atomic E-state index is -0.361. The molecule has 0 fully saturated rings. The van der Waals surface area contributed by atoms with Crippen LogP contribution in [0.3, 0.4) is 0 Å². The van der Waals surface area contributed by atoms with Crippen molar-refractivity contribution in [2.45, 2.75) is 26.3 Å². The number of nitrogens with one attached hydrogen (secondary N) is 2. The number of halogens is 1. The van der Waals surface area contributed by atoms with Crippen molar-refractivity contribution in [3.63, 3.8) is 0 Å². The predicted molar refractivity (Wildman–Crippen MR) is 72.9 cm³/mol. The second-order valence-corrected chi connectivity index (χ2v) is 5.15. The second kappa shape index (κ2) is 5.17. The topological polar surface area (TPSA) is 62.7 Å². The summed E-state index contributed by atoms with van der Waals surface area (Å²) >= 11 is 0. The highest BCUT2D eigenvalue weighted by atomic mass is 19.1. The summed E-state index contributed by atoms with van der Waals surface area (Å²) in [5, 5.41) is 13.6. The first-order valence-corrected chi connectivity index (χ1v) is 5.93. The molecule has 0 atom stereocenters. The van der Waals surface area contributed by atoms with Gasteiger partial charge in [0, 0.05) is 5.54 Å². The van der Waals surface area contributed by atoms with E-state index in [4.69, 9.17) is 0 Å². The van der Waals surface area contributed by atoms with E-state index in [1.807, 2.05) is 20.8 Å². The molecule has 100 valence electrons. The molecule has 1 heterocycles. The number of aromatic nitrogens is 3. The molecule has 1 aromatic carbocycles. The molecule has 6 heteroatoms. The van der Waals surface area contributed by atoms with Crippen LogP contribution in [0, 0.1) is 5.82 Å². The van der Waals surface area contributed by atoms with E-state index < -0.39 is 0 Å². The molecule has 0 aliphatic heterocycles. The minimum Gasteiger partial charge on any atom is -0.364 e. The summed E-state index contributed by atoms with van der Waals surface area (Å²) in [7, 11) is 0. The van der Waals surface area contributed by atoms with Crippen LogP contribution in [0.15, 0.2) is 30.5 Å². The zero-order chi connectivity index (χ0) is 13.9. The second-order valence-electron chi connectivity index (χ2n) is 5.15. The van der Waals surface area contributed by atoms with Crippen LogP contribution < -0.4 is 10.6 Å². The first kappa shape index (κ1) is 13.2. The van der Waals surface area contributed by atoms with E-state index in [2.05, 4.69) is 25.8 Å². The van der Waals surface area contributed by atoms with Gasteiger partial charge in [-0.3, -0.25) is 0 Å². The van der Waals surface area contributed by atoms with Crippen molar-refractivity contribution in [3.05, 3.63) is 36.3 Å². The van der Waals surface area contributed by atoms with Gasteiger partial charge in [0.25, 0.3) is 0 Å². The Hall–Kier alpha value is -2.24. The summed E-state index contributed by atoms with van der Waals surface area (Å²) in [6, 6.07) is 6.34. The highest BCUT2D eigenvalue weighted by molar-refractivity contribution is 5.54. The van der Waals surface area contributed by atoms with Crippen molar-refractivity contribution >= 4 is 17.5 Å². The molecule has 0 unspecified atom stereocenters. The van der Waals surface area contributed by atoms with Crippen molar-refractivity contribution < 1.29 is 4.39 Å². The van der Waals surface area contributed by atoms with E-state index in [1.54, 1.807) is 18.2 Å². The molecule has 0 amide bonds. The van der Waals surface area contributed by atoms with Crippen molar-refractivity contribution in [1.29, 1.82) is 0 Å². The Balaban J connectivity index is 2.18. The Morgan fingerprint density at radius 2 is 1.89 bits per heavy atom. The molecule has 1 aromatic heterocycles. The van der Waals surface area contributed by atoms with Gasteiger partial charge in [-0.15, -0.1) is 5.10 Å². The summed E-state index contributed by atoms with van der Waals surface area (Å²) in [5.41, 5.74) is 0.183. The van der Waals surface area contributed by atoms with Crippen LogP contribution in [0.2, 0.25) is 0 Å². The molecule has 0 saturated carbocycles. The number of para-hydroxylation sites is 1. The van der Waals surface area contributed by atoms with E-state index in [-0.39, 0.29) is 17.3 Å². The molecule has 5 nitrogen and oxygen atoms in total. The first-order valence-electron chi connectivity index (χ1n) is 5.93. The quantitative estimate of drug-likeness (QED) is 0.889. The van der Waals surface area contributed by atoms with Crippen LogP contribution >= 0.6 is 0 Å². The van der Waals surface area contributed by atoms with E-state index in [1.165, 1.54) is 12.3 Å². The Morgan fingerprint density at radius 3 is 2.58 bits per heavy atom. The van der Waals surface area contributed by atoms with Gasteiger partial charge in [0.1, 0.15) is 5.82 Å². The van der Waals surface area contributed by atoms with E-state index >= 15 is 0 Å². The zero-order valence-corrected chi connectivity index (χ0v) is 11.1. The van der Waals surface area contributed by atoms with Crippen LogP contribution in [0.1, 0.15) is 20.8 Å². The highest BCUT2D eigenvalue weighted by Crippen LogP contribution is 2.18. The summed E-state index contributed by atoms with van der Waals surface area (Å²) in [4.78, 5) is 4.23. The van der Waals surface area contributed by atoms with Gasteiger partial charge in [-0.1, -0.05) is 12.1 Å². The average Bonchev–Trinajstić information content (AvgIpc) is 2.30. The summed E-state index contributed by atoms with van der Waals surface area (Å²) in [6.45, 7) is 6.04. The van der Waals surface area contributed by atoms with Gasteiger partial charge in [-0.05, 0) is 32.9 Å². The van der Waals surface area contributed by atoms with E-state index in [0.29, 0.717) is 11.5 Å². The monoisotopic (exact) mass is 261 g/mol. The third kappa shape index (κ3) is 3.87. The first-order chi connectivity index (χ1) is 8.94. The lowest BCUT2D eigenvalue weighted by atomic mass is 10.1. The molecular weight excluding hydrogens is 245 g/mol. The van der Waals surface area contributed by atoms with Gasteiger partial charge in [0.2, 0.25) is 5.95 Å². The highest BCUT2D eigenvalue weighted by Gasteiger charge is 2.11. The predicted octanol–water partition coefficient (Wildman–Crippen LogP) is 2.96. The zero-order valence-electron chi connectivity index (χ0n) is 11.1. The van der Waals surface area contributed by atoms with E-state index in [0.717, 1.165) is 0 Å². The Morgan fingerprint density at radius 1 is 1.16 bits per heavy atom. The molecule has 2 rings (SSSR count). The van der Waals surface area contributed by atoms with Crippen LogP contribution in [0.4, 0.5) is 21.8 Å². The van der Waals surface area contributed by atoms with Crippen LogP contribution in [0.5, 0.6) is 0 Å². The average molecular weight is 261 g/mol. The number of hydrogen-bond donors (Lipinski definition) is 2. The Labute approximate surface area is 111 Å². The lowest BCUT2D eigenvalue weighted by molar-refractivity contribution is 0.627. The third-order valence-electron chi connectivity index (χ3n) is 2.18. The van der Waals surface area contributed by atoms with Crippen molar-refractivity contribution in [3.8, 4) is 0 Å².